The molecular formula is C11H13N5O2S. The monoisotopic (exact) mass is 279 g/mol. The third-order valence-corrected chi connectivity index (χ3v) is 3.29. The number of hydrazine groups is 1. The Balaban J connectivity index is 2.32. The predicted molar refractivity (Wildman–Crippen MR) is 75.1 cm³/mol. The lowest BCUT2D eigenvalue weighted by Crippen LogP contribution is -2.20. The van der Waals surface area contributed by atoms with Crippen LogP contribution in [-0.2, 0) is 6.54 Å². The first-order valence-corrected chi connectivity index (χ1v) is 6.40. The highest BCUT2D eigenvalue weighted by Crippen LogP contribution is 2.27. The molecule has 7 nitrogen and oxygen atoms in total. The summed E-state index contributed by atoms with van der Waals surface area (Å²) < 4.78 is 0. The minimum absolute atomic E-state index is 0.0447. The van der Waals surface area contributed by atoms with Gasteiger partial charge >= 0.3 is 5.69 Å². The fraction of sp³-hybridized carbons (Fsp3) is 0.182. The van der Waals surface area contributed by atoms with Crippen molar-refractivity contribution in [3.63, 3.8) is 0 Å². The first kappa shape index (κ1) is 13.2. The van der Waals surface area contributed by atoms with Gasteiger partial charge in [-0.05, 0) is 28.5 Å². The molecule has 0 atom stereocenters. The van der Waals surface area contributed by atoms with Gasteiger partial charge in [-0.3, -0.25) is 10.1 Å². The summed E-state index contributed by atoms with van der Waals surface area (Å²) in [6.07, 6.45) is 0. The van der Waals surface area contributed by atoms with Gasteiger partial charge in [0.15, 0.2) is 0 Å². The molecular weight excluding hydrogens is 266 g/mol. The smallest absolute Gasteiger partial charge is 0.311 e. The van der Waals surface area contributed by atoms with E-state index in [1.807, 2.05) is 16.8 Å². The second-order valence-corrected chi connectivity index (χ2v) is 4.71. The Morgan fingerprint density at radius 3 is 2.89 bits per heavy atom. The van der Waals surface area contributed by atoms with E-state index in [4.69, 9.17) is 5.84 Å². The molecule has 0 saturated carbocycles. The van der Waals surface area contributed by atoms with Gasteiger partial charge in [-0.15, -0.1) is 0 Å². The molecule has 100 valence electrons. The maximum Gasteiger partial charge on any atom is 0.311 e. The molecule has 0 saturated heterocycles. The molecule has 2 rings (SSSR count). The Labute approximate surface area is 113 Å². The number of nitro groups is 1. The molecule has 0 aliphatic heterocycles. The van der Waals surface area contributed by atoms with E-state index in [9.17, 15) is 10.1 Å². The van der Waals surface area contributed by atoms with E-state index < -0.39 is 4.92 Å². The van der Waals surface area contributed by atoms with Crippen molar-refractivity contribution in [2.24, 2.45) is 5.84 Å². The number of nitrogen functional groups attached to an aromatic ring is 1. The van der Waals surface area contributed by atoms with Crippen LogP contribution in [-0.4, -0.2) is 17.0 Å². The number of pyridine rings is 1. The summed E-state index contributed by atoms with van der Waals surface area (Å²) in [6.45, 7) is 0.547. The lowest BCUT2D eigenvalue weighted by molar-refractivity contribution is -0.384. The van der Waals surface area contributed by atoms with E-state index in [-0.39, 0.29) is 11.5 Å². The highest BCUT2D eigenvalue weighted by Gasteiger charge is 2.19. The Bertz CT molecular complexity index is 572. The number of nitrogens with two attached hydrogens (primary N) is 1. The quantitative estimate of drug-likeness (QED) is 0.493. The summed E-state index contributed by atoms with van der Waals surface area (Å²) >= 11 is 1.58. The number of hydrogen-bond donors (Lipinski definition) is 2. The van der Waals surface area contributed by atoms with Gasteiger partial charge in [0, 0.05) is 19.7 Å². The van der Waals surface area contributed by atoms with Crippen molar-refractivity contribution >= 4 is 28.7 Å². The molecule has 0 radical (unpaired) electrons. The standard InChI is InChI=1S/C11H13N5O2S/c1-15(6-8-4-5-19-7-8)11-9(16(17)18)2-3-10(13-11)14-12/h2-5,7H,6,12H2,1H3,(H,13,14). The summed E-state index contributed by atoms with van der Waals surface area (Å²) in [5, 5.41) is 15.0. The molecule has 8 heteroatoms. The van der Waals surface area contributed by atoms with E-state index in [1.54, 1.807) is 23.3 Å². The maximum atomic E-state index is 11.0. The fourth-order valence-electron chi connectivity index (χ4n) is 1.68. The minimum Gasteiger partial charge on any atom is -0.350 e. The van der Waals surface area contributed by atoms with Gasteiger partial charge in [0.25, 0.3) is 0 Å². The first-order valence-electron chi connectivity index (χ1n) is 5.46. The molecule has 3 N–H and O–H groups in total. The number of aromatic nitrogens is 1. The van der Waals surface area contributed by atoms with Gasteiger partial charge in [-0.25, -0.2) is 10.8 Å². The number of nitrogens with zero attached hydrogens (tertiary/aromatic N) is 3. The Kier molecular flexibility index (Phi) is 3.93. The van der Waals surface area contributed by atoms with Crippen LogP contribution in [0.3, 0.4) is 0 Å². The summed E-state index contributed by atoms with van der Waals surface area (Å²) in [6, 6.07) is 4.83. The Morgan fingerprint density at radius 2 is 2.32 bits per heavy atom. The number of rotatable bonds is 5. The van der Waals surface area contributed by atoms with Crippen LogP contribution in [0.2, 0.25) is 0 Å². The van der Waals surface area contributed by atoms with Crippen LogP contribution in [0.1, 0.15) is 5.56 Å². The average molecular weight is 279 g/mol. The summed E-state index contributed by atoms with van der Waals surface area (Å²) in [5.41, 5.74) is 3.42. The van der Waals surface area contributed by atoms with Crippen molar-refractivity contribution in [3.8, 4) is 0 Å². The first-order chi connectivity index (χ1) is 9.11. The lowest BCUT2D eigenvalue weighted by Gasteiger charge is -2.17. The van der Waals surface area contributed by atoms with Crippen molar-refractivity contribution in [3.05, 3.63) is 44.6 Å². The van der Waals surface area contributed by atoms with Gasteiger partial charge in [0.1, 0.15) is 5.82 Å². The van der Waals surface area contributed by atoms with Gasteiger partial charge in [0.2, 0.25) is 5.82 Å². The van der Waals surface area contributed by atoms with Crippen molar-refractivity contribution in [1.82, 2.24) is 4.98 Å². The molecule has 19 heavy (non-hydrogen) atoms. The van der Waals surface area contributed by atoms with Gasteiger partial charge in [-0.2, -0.15) is 11.3 Å². The fourth-order valence-corrected chi connectivity index (χ4v) is 2.34. The molecule has 0 aliphatic rings. The minimum atomic E-state index is -0.452. The second kappa shape index (κ2) is 5.63. The van der Waals surface area contributed by atoms with Crippen LogP contribution in [0.4, 0.5) is 17.3 Å². The zero-order chi connectivity index (χ0) is 13.8. The van der Waals surface area contributed by atoms with Crippen molar-refractivity contribution in [2.45, 2.75) is 6.54 Å². The molecule has 2 aromatic rings. The van der Waals surface area contributed by atoms with E-state index in [0.29, 0.717) is 12.4 Å². The highest BCUT2D eigenvalue weighted by atomic mass is 32.1. The zero-order valence-electron chi connectivity index (χ0n) is 10.2. The summed E-state index contributed by atoms with van der Waals surface area (Å²) in [4.78, 5) is 16.4. The SMILES string of the molecule is CN(Cc1ccsc1)c1nc(NN)ccc1[N+](=O)[O-]. The van der Waals surface area contributed by atoms with Crippen LogP contribution in [0.25, 0.3) is 0 Å². The van der Waals surface area contributed by atoms with Crippen LogP contribution in [0.15, 0.2) is 29.0 Å². The number of anilines is 2. The molecule has 2 aromatic heterocycles. The molecule has 0 bridgehead atoms. The third-order valence-electron chi connectivity index (χ3n) is 2.56. The zero-order valence-corrected chi connectivity index (χ0v) is 11.1. The molecule has 0 amide bonds. The summed E-state index contributed by atoms with van der Waals surface area (Å²) in [7, 11) is 1.76. The molecule has 0 aromatic carbocycles. The van der Waals surface area contributed by atoms with Crippen LogP contribution in [0.5, 0.6) is 0 Å². The van der Waals surface area contributed by atoms with Crippen LogP contribution >= 0.6 is 11.3 Å². The van der Waals surface area contributed by atoms with Crippen molar-refractivity contribution < 1.29 is 4.92 Å². The van der Waals surface area contributed by atoms with Crippen molar-refractivity contribution in [1.29, 1.82) is 0 Å². The maximum absolute atomic E-state index is 11.0. The topological polar surface area (TPSA) is 97.3 Å². The average Bonchev–Trinajstić information content (AvgIpc) is 2.90. The normalized spacial score (nSPS) is 10.2. The van der Waals surface area contributed by atoms with E-state index in [1.165, 1.54) is 12.1 Å². The Morgan fingerprint density at radius 1 is 1.53 bits per heavy atom. The third kappa shape index (κ3) is 2.98. The highest BCUT2D eigenvalue weighted by molar-refractivity contribution is 7.07. The van der Waals surface area contributed by atoms with E-state index >= 15 is 0 Å². The summed E-state index contributed by atoms with van der Waals surface area (Å²) in [5.74, 6) is 5.95. The Hall–Kier alpha value is -2.19. The van der Waals surface area contributed by atoms with Crippen molar-refractivity contribution in [2.75, 3.05) is 17.4 Å². The number of hydrogen-bond acceptors (Lipinski definition) is 7. The number of nitrogens with one attached hydrogen (secondary N) is 1. The van der Waals surface area contributed by atoms with E-state index in [2.05, 4.69) is 10.4 Å². The molecule has 0 spiro atoms. The molecule has 2 heterocycles. The molecule has 0 unspecified atom stereocenters. The number of thiophene rings is 1. The van der Waals surface area contributed by atoms with Crippen LogP contribution < -0.4 is 16.2 Å². The lowest BCUT2D eigenvalue weighted by atomic mass is 10.3. The van der Waals surface area contributed by atoms with Gasteiger partial charge in [-0.1, -0.05) is 0 Å². The van der Waals surface area contributed by atoms with Gasteiger partial charge < -0.3 is 10.3 Å². The largest absolute Gasteiger partial charge is 0.350 e. The molecule has 0 aliphatic carbocycles. The second-order valence-electron chi connectivity index (χ2n) is 3.93. The van der Waals surface area contributed by atoms with Crippen LogP contribution in [0, 0.1) is 10.1 Å². The van der Waals surface area contributed by atoms with E-state index in [0.717, 1.165) is 5.56 Å². The predicted octanol–water partition coefficient (Wildman–Crippen LogP) is 1.97. The van der Waals surface area contributed by atoms with Gasteiger partial charge in [0.05, 0.1) is 4.92 Å². The molecule has 0 fully saturated rings.